The van der Waals surface area contributed by atoms with E-state index in [2.05, 4.69) is 6.58 Å². The maximum Gasteiger partial charge on any atom is 0.185 e. The van der Waals surface area contributed by atoms with Crippen molar-refractivity contribution in [3.63, 3.8) is 0 Å². The number of hydrogen-bond acceptors (Lipinski definition) is 2. The number of allylic oxidation sites excluding steroid dienone is 1. The Hall–Kier alpha value is -1.57. The highest BCUT2D eigenvalue weighted by Crippen LogP contribution is 2.13. The lowest BCUT2D eigenvalue weighted by atomic mass is 10.1. The van der Waals surface area contributed by atoms with Crippen LogP contribution in [0.15, 0.2) is 30.9 Å². The summed E-state index contributed by atoms with van der Waals surface area (Å²) in [5.74, 6) is -0.0956. The number of carbonyl (C=O) groups excluding carboxylic acids is 1. The van der Waals surface area contributed by atoms with Crippen molar-refractivity contribution in [2.24, 2.45) is 0 Å². The molecular weight excluding hydrogens is 150 g/mol. The molecule has 0 aliphatic heterocycles. The molecule has 0 aromatic heterocycles. The summed E-state index contributed by atoms with van der Waals surface area (Å²) in [6.07, 6.45) is 1.28. The van der Waals surface area contributed by atoms with E-state index in [4.69, 9.17) is 5.73 Å². The van der Waals surface area contributed by atoms with Crippen LogP contribution < -0.4 is 5.73 Å². The summed E-state index contributed by atoms with van der Waals surface area (Å²) in [5.41, 5.74) is 7.84. The van der Waals surface area contributed by atoms with Gasteiger partial charge in [-0.25, -0.2) is 0 Å². The van der Waals surface area contributed by atoms with Crippen LogP contribution in [0, 0.1) is 6.92 Å². The van der Waals surface area contributed by atoms with E-state index in [1.807, 2.05) is 13.0 Å². The van der Waals surface area contributed by atoms with Crippen LogP contribution in [0.1, 0.15) is 15.9 Å². The van der Waals surface area contributed by atoms with Gasteiger partial charge >= 0.3 is 0 Å². The topological polar surface area (TPSA) is 43.1 Å². The summed E-state index contributed by atoms with van der Waals surface area (Å²) in [6.45, 7) is 5.30. The molecule has 0 saturated heterocycles. The molecule has 1 rings (SSSR count). The van der Waals surface area contributed by atoms with E-state index in [9.17, 15) is 4.79 Å². The molecule has 0 spiro atoms. The third kappa shape index (κ3) is 1.53. The Balaban J connectivity index is 3.13. The van der Waals surface area contributed by atoms with Gasteiger partial charge in [0.25, 0.3) is 0 Å². The van der Waals surface area contributed by atoms with Crippen molar-refractivity contribution in [3.05, 3.63) is 42.0 Å². The average molecular weight is 161 g/mol. The molecule has 62 valence electrons. The SMILES string of the molecule is C=CC(=O)c1ccc(C)c(N)c1. The Morgan fingerprint density at radius 3 is 2.75 bits per heavy atom. The number of hydrogen-bond donors (Lipinski definition) is 1. The lowest BCUT2D eigenvalue weighted by molar-refractivity contribution is 0.104. The van der Waals surface area contributed by atoms with Crippen molar-refractivity contribution in [2.75, 3.05) is 5.73 Å². The fourth-order valence-electron chi connectivity index (χ4n) is 0.912. The predicted molar refractivity (Wildman–Crippen MR) is 50.1 cm³/mol. The van der Waals surface area contributed by atoms with Gasteiger partial charge in [0.05, 0.1) is 0 Å². The zero-order chi connectivity index (χ0) is 9.14. The van der Waals surface area contributed by atoms with Gasteiger partial charge in [0.2, 0.25) is 0 Å². The van der Waals surface area contributed by atoms with E-state index in [0.29, 0.717) is 11.3 Å². The summed E-state index contributed by atoms with van der Waals surface area (Å²) < 4.78 is 0. The number of carbonyl (C=O) groups is 1. The minimum Gasteiger partial charge on any atom is -0.398 e. The van der Waals surface area contributed by atoms with Gasteiger partial charge < -0.3 is 5.73 Å². The highest BCUT2D eigenvalue weighted by Gasteiger charge is 2.01. The molecule has 1 aromatic rings. The fraction of sp³-hybridized carbons (Fsp3) is 0.100. The summed E-state index contributed by atoms with van der Waals surface area (Å²) in [6, 6.07) is 5.24. The average Bonchev–Trinajstić information content (AvgIpc) is 2.08. The van der Waals surface area contributed by atoms with Gasteiger partial charge in [-0.2, -0.15) is 0 Å². The summed E-state index contributed by atoms with van der Waals surface area (Å²) in [5, 5.41) is 0. The lowest BCUT2D eigenvalue weighted by Gasteiger charge is -2.00. The summed E-state index contributed by atoms with van der Waals surface area (Å²) >= 11 is 0. The summed E-state index contributed by atoms with van der Waals surface area (Å²) in [4.78, 5) is 11.1. The Morgan fingerprint density at radius 1 is 1.58 bits per heavy atom. The molecule has 0 aliphatic carbocycles. The molecule has 0 saturated carbocycles. The third-order valence-electron chi connectivity index (χ3n) is 1.75. The second kappa shape index (κ2) is 3.22. The van der Waals surface area contributed by atoms with Gasteiger partial charge in [-0.05, 0) is 24.6 Å². The first-order valence-electron chi connectivity index (χ1n) is 3.68. The van der Waals surface area contributed by atoms with Gasteiger partial charge in [0.1, 0.15) is 0 Å². The monoisotopic (exact) mass is 161 g/mol. The van der Waals surface area contributed by atoms with Crippen LogP contribution in [-0.2, 0) is 0 Å². The van der Waals surface area contributed by atoms with Gasteiger partial charge in [0.15, 0.2) is 5.78 Å². The van der Waals surface area contributed by atoms with Crippen LogP contribution >= 0.6 is 0 Å². The van der Waals surface area contributed by atoms with Crippen molar-refractivity contribution >= 4 is 11.5 Å². The van der Waals surface area contributed by atoms with Gasteiger partial charge in [0, 0.05) is 11.3 Å². The first-order valence-corrected chi connectivity index (χ1v) is 3.68. The molecule has 0 fully saturated rings. The van der Waals surface area contributed by atoms with Crippen molar-refractivity contribution < 1.29 is 4.79 Å². The molecule has 2 N–H and O–H groups in total. The highest BCUT2D eigenvalue weighted by atomic mass is 16.1. The quantitative estimate of drug-likeness (QED) is 0.409. The van der Waals surface area contributed by atoms with E-state index < -0.39 is 0 Å². The van der Waals surface area contributed by atoms with Crippen molar-refractivity contribution in [1.29, 1.82) is 0 Å². The Kier molecular flexibility index (Phi) is 2.29. The maximum absolute atomic E-state index is 11.1. The molecule has 0 radical (unpaired) electrons. The number of rotatable bonds is 2. The zero-order valence-electron chi connectivity index (χ0n) is 7.00. The predicted octanol–water partition coefficient (Wildman–Crippen LogP) is 1.95. The largest absolute Gasteiger partial charge is 0.398 e. The number of benzene rings is 1. The van der Waals surface area contributed by atoms with Crippen LogP contribution in [0.4, 0.5) is 5.69 Å². The Labute approximate surface area is 71.7 Å². The van der Waals surface area contributed by atoms with Crippen molar-refractivity contribution in [2.45, 2.75) is 6.92 Å². The molecule has 2 heteroatoms. The zero-order valence-corrected chi connectivity index (χ0v) is 7.00. The molecule has 12 heavy (non-hydrogen) atoms. The second-order valence-electron chi connectivity index (χ2n) is 2.64. The van der Waals surface area contributed by atoms with Crippen LogP contribution in [0.5, 0.6) is 0 Å². The lowest BCUT2D eigenvalue weighted by Crippen LogP contribution is -1.97. The van der Waals surface area contributed by atoms with Crippen LogP contribution in [0.25, 0.3) is 0 Å². The van der Waals surface area contributed by atoms with Crippen LogP contribution in [0.3, 0.4) is 0 Å². The maximum atomic E-state index is 11.1. The molecule has 0 aliphatic rings. The smallest absolute Gasteiger partial charge is 0.185 e. The van der Waals surface area contributed by atoms with E-state index in [1.165, 1.54) is 6.08 Å². The highest BCUT2D eigenvalue weighted by molar-refractivity contribution is 6.04. The minimum absolute atomic E-state index is 0.0956. The first kappa shape index (κ1) is 8.53. The molecule has 0 unspecified atom stereocenters. The molecule has 0 amide bonds. The standard InChI is InChI=1S/C10H11NO/c1-3-10(12)8-5-4-7(2)9(11)6-8/h3-6H,1,11H2,2H3. The Morgan fingerprint density at radius 2 is 2.25 bits per heavy atom. The normalized spacial score (nSPS) is 9.42. The molecule has 0 atom stereocenters. The van der Waals surface area contributed by atoms with E-state index in [1.54, 1.807) is 12.1 Å². The van der Waals surface area contributed by atoms with Crippen LogP contribution in [-0.4, -0.2) is 5.78 Å². The number of aryl methyl sites for hydroxylation is 1. The van der Waals surface area contributed by atoms with E-state index >= 15 is 0 Å². The minimum atomic E-state index is -0.0956. The fourth-order valence-corrected chi connectivity index (χ4v) is 0.912. The Bertz CT molecular complexity index is 329. The third-order valence-corrected chi connectivity index (χ3v) is 1.75. The van der Waals surface area contributed by atoms with Gasteiger partial charge in [-0.1, -0.05) is 18.7 Å². The number of anilines is 1. The van der Waals surface area contributed by atoms with Gasteiger partial charge in [-0.15, -0.1) is 0 Å². The number of nitrogen functional groups attached to an aromatic ring is 1. The molecule has 2 nitrogen and oxygen atoms in total. The molecule has 0 heterocycles. The summed E-state index contributed by atoms with van der Waals surface area (Å²) in [7, 11) is 0. The van der Waals surface area contributed by atoms with Crippen molar-refractivity contribution in [1.82, 2.24) is 0 Å². The molecule has 1 aromatic carbocycles. The number of nitrogens with two attached hydrogens (primary N) is 1. The molecule has 0 bridgehead atoms. The first-order chi connectivity index (χ1) is 5.65. The number of ketones is 1. The second-order valence-corrected chi connectivity index (χ2v) is 2.64. The van der Waals surface area contributed by atoms with Gasteiger partial charge in [-0.3, -0.25) is 4.79 Å². The van der Waals surface area contributed by atoms with Crippen molar-refractivity contribution in [3.8, 4) is 0 Å². The van der Waals surface area contributed by atoms with E-state index in [-0.39, 0.29) is 5.78 Å². The molecular formula is C10H11NO. The van der Waals surface area contributed by atoms with Crippen LogP contribution in [0.2, 0.25) is 0 Å². The van der Waals surface area contributed by atoms with E-state index in [0.717, 1.165) is 5.56 Å².